The molecular formula is C24H23FN4O3. The number of ether oxygens (including phenoxy) is 2. The smallest absolute Gasteiger partial charge is 0.234 e. The van der Waals surface area contributed by atoms with Crippen LogP contribution in [0.25, 0.3) is 11.8 Å². The van der Waals surface area contributed by atoms with Crippen molar-refractivity contribution in [3.8, 4) is 11.4 Å². The van der Waals surface area contributed by atoms with Crippen LogP contribution in [0.2, 0.25) is 0 Å². The Balaban J connectivity index is 1.45. The number of aryl methyl sites for hydroxylation is 1. The maximum Gasteiger partial charge on any atom is 0.234 e. The zero-order valence-electron chi connectivity index (χ0n) is 18.1. The van der Waals surface area contributed by atoms with E-state index in [9.17, 15) is 4.39 Å². The summed E-state index contributed by atoms with van der Waals surface area (Å²) in [7, 11) is 1.64. The summed E-state index contributed by atoms with van der Waals surface area (Å²) in [5.74, 6) is 1.64. The number of rotatable bonds is 4. The number of oxime groups is 1. The van der Waals surface area contributed by atoms with Gasteiger partial charge in [0.15, 0.2) is 5.76 Å². The van der Waals surface area contributed by atoms with Crippen LogP contribution >= 0.6 is 0 Å². The maximum atomic E-state index is 13.4. The molecule has 1 atom stereocenters. The number of methoxy groups -OCH3 is 1. The molecule has 2 aliphatic heterocycles. The number of amidine groups is 1. The number of halogens is 1. The molecular weight excluding hydrogens is 411 g/mol. The van der Waals surface area contributed by atoms with Crippen molar-refractivity contribution in [2.45, 2.75) is 19.6 Å². The number of fused-ring (bicyclic) bond motifs is 1. The lowest BCUT2D eigenvalue weighted by Crippen LogP contribution is -2.48. The van der Waals surface area contributed by atoms with Gasteiger partial charge >= 0.3 is 0 Å². The van der Waals surface area contributed by atoms with Crippen LogP contribution in [0.5, 0.6) is 5.75 Å². The Morgan fingerprint density at radius 3 is 2.72 bits per heavy atom. The fraction of sp³-hybridized carbons (Fsp3) is 0.250. The van der Waals surface area contributed by atoms with Gasteiger partial charge in [-0.3, -0.25) is 0 Å². The van der Waals surface area contributed by atoms with Crippen LogP contribution in [0.15, 0.2) is 65.9 Å². The predicted molar refractivity (Wildman–Crippen MR) is 118 cm³/mol. The number of nitrogens with zero attached hydrogens (tertiary/aromatic N) is 4. The fourth-order valence-corrected chi connectivity index (χ4v) is 4.02. The molecule has 0 amide bonds. The highest BCUT2D eigenvalue weighted by atomic mass is 19.1. The lowest BCUT2D eigenvalue weighted by molar-refractivity contribution is -0.0968. The van der Waals surface area contributed by atoms with Crippen molar-refractivity contribution in [2.24, 2.45) is 5.16 Å². The second kappa shape index (κ2) is 7.71. The third-order valence-corrected chi connectivity index (χ3v) is 5.74. The van der Waals surface area contributed by atoms with Crippen LogP contribution in [0, 0.1) is 12.7 Å². The first-order chi connectivity index (χ1) is 15.5. The zero-order valence-corrected chi connectivity index (χ0v) is 18.1. The van der Waals surface area contributed by atoms with E-state index < -0.39 is 5.72 Å². The molecule has 3 aromatic rings. The van der Waals surface area contributed by atoms with E-state index in [1.807, 2.05) is 53.8 Å². The third kappa shape index (κ3) is 3.37. The molecule has 1 saturated heterocycles. The van der Waals surface area contributed by atoms with Crippen molar-refractivity contribution in [2.75, 3.05) is 20.3 Å². The van der Waals surface area contributed by atoms with Gasteiger partial charge in [-0.1, -0.05) is 23.4 Å². The van der Waals surface area contributed by atoms with Crippen LogP contribution < -0.4 is 4.74 Å². The normalized spacial score (nSPS) is 21.1. The van der Waals surface area contributed by atoms with Crippen LogP contribution in [0.3, 0.4) is 0 Å². The molecule has 0 N–H and O–H groups in total. The second-order valence-electron chi connectivity index (χ2n) is 7.86. The minimum atomic E-state index is -0.827. The molecule has 0 bridgehead atoms. The number of benzene rings is 2. The first-order valence-corrected chi connectivity index (χ1v) is 10.3. The summed E-state index contributed by atoms with van der Waals surface area (Å²) in [6, 6.07) is 12.2. The van der Waals surface area contributed by atoms with E-state index in [0.717, 1.165) is 22.5 Å². The molecule has 1 unspecified atom stereocenters. The van der Waals surface area contributed by atoms with Gasteiger partial charge in [-0.15, -0.1) is 0 Å². The van der Waals surface area contributed by atoms with Crippen molar-refractivity contribution < 1.29 is 18.7 Å². The van der Waals surface area contributed by atoms with Gasteiger partial charge in [-0.2, -0.15) is 0 Å². The Bertz CT molecular complexity index is 1220. The number of imidazole rings is 1. The molecule has 0 spiro atoms. The molecule has 164 valence electrons. The van der Waals surface area contributed by atoms with Crippen molar-refractivity contribution >= 4 is 11.9 Å². The number of morpholine rings is 1. The number of hydrogen-bond acceptors (Lipinski definition) is 6. The van der Waals surface area contributed by atoms with Gasteiger partial charge in [0.1, 0.15) is 18.2 Å². The summed E-state index contributed by atoms with van der Waals surface area (Å²) in [5.41, 5.74) is 2.72. The quantitative estimate of drug-likeness (QED) is 0.615. The van der Waals surface area contributed by atoms with E-state index in [2.05, 4.69) is 10.1 Å². The Morgan fingerprint density at radius 2 is 2.00 bits per heavy atom. The monoisotopic (exact) mass is 434 g/mol. The average molecular weight is 434 g/mol. The topological polar surface area (TPSA) is 61.1 Å². The van der Waals surface area contributed by atoms with E-state index in [0.29, 0.717) is 30.5 Å². The molecule has 32 heavy (non-hydrogen) atoms. The van der Waals surface area contributed by atoms with Crippen LogP contribution in [0.1, 0.15) is 23.7 Å². The molecule has 8 heteroatoms. The van der Waals surface area contributed by atoms with Crippen LogP contribution in [0.4, 0.5) is 4.39 Å². The lowest BCUT2D eigenvalue weighted by Gasteiger charge is -2.37. The minimum Gasteiger partial charge on any atom is -0.495 e. The molecule has 3 heterocycles. The Labute approximate surface area is 185 Å². The Hall–Kier alpha value is -3.81. The molecule has 0 aliphatic carbocycles. The van der Waals surface area contributed by atoms with Gasteiger partial charge in [0.25, 0.3) is 0 Å². The van der Waals surface area contributed by atoms with E-state index in [1.54, 1.807) is 25.6 Å². The predicted octanol–water partition coefficient (Wildman–Crippen LogP) is 4.22. The second-order valence-corrected chi connectivity index (χ2v) is 7.86. The van der Waals surface area contributed by atoms with Crippen molar-refractivity contribution in [3.05, 3.63) is 83.4 Å². The van der Waals surface area contributed by atoms with Gasteiger partial charge in [0.05, 0.1) is 31.4 Å². The SMILES string of the molecule is COc1cc(/C=C2/OCCN3C2=NOC3(C)c2ccc(F)cc2)ccc1-n1cnc(C)c1. The maximum absolute atomic E-state index is 13.4. The Morgan fingerprint density at radius 1 is 1.19 bits per heavy atom. The van der Waals surface area contributed by atoms with Gasteiger partial charge in [-0.25, -0.2) is 9.37 Å². The standard InChI is InChI=1S/C24H23FN4O3/c1-16-14-28(15-26-16)20-9-4-17(12-21(20)30-3)13-22-23-27-32-24(2,29(23)10-11-31-22)18-5-7-19(25)8-6-18/h4-9,12-15H,10-11H2,1-3H3/b22-13+. The highest BCUT2D eigenvalue weighted by Gasteiger charge is 2.46. The largest absolute Gasteiger partial charge is 0.495 e. The summed E-state index contributed by atoms with van der Waals surface area (Å²) >= 11 is 0. The van der Waals surface area contributed by atoms with Gasteiger partial charge in [0.2, 0.25) is 11.6 Å². The van der Waals surface area contributed by atoms with Gasteiger partial charge in [-0.05, 0) is 42.8 Å². The summed E-state index contributed by atoms with van der Waals surface area (Å²) in [6.07, 6.45) is 5.61. The van der Waals surface area contributed by atoms with E-state index in [1.165, 1.54) is 12.1 Å². The molecule has 2 aliphatic rings. The molecule has 0 saturated carbocycles. The molecule has 5 rings (SSSR count). The number of aromatic nitrogens is 2. The average Bonchev–Trinajstić information content (AvgIpc) is 3.39. The van der Waals surface area contributed by atoms with Crippen LogP contribution in [-0.2, 0) is 15.3 Å². The lowest BCUT2D eigenvalue weighted by atomic mass is 10.0. The Kier molecular flexibility index (Phi) is 4.84. The van der Waals surface area contributed by atoms with Crippen molar-refractivity contribution in [1.29, 1.82) is 0 Å². The summed E-state index contributed by atoms with van der Waals surface area (Å²) in [6.45, 7) is 4.95. The molecule has 0 radical (unpaired) electrons. The van der Waals surface area contributed by atoms with Crippen molar-refractivity contribution in [3.63, 3.8) is 0 Å². The molecule has 2 aromatic carbocycles. The van der Waals surface area contributed by atoms with E-state index >= 15 is 0 Å². The van der Waals surface area contributed by atoms with E-state index in [-0.39, 0.29) is 5.82 Å². The van der Waals surface area contributed by atoms with Crippen molar-refractivity contribution in [1.82, 2.24) is 14.5 Å². The zero-order chi connectivity index (χ0) is 22.3. The molecule has 1 fully saturated rings. The summed E-state index contributed by atoms with van der Waals surface area (Å²) in [4.78, 5) is 12.2. The van der Waals surface area contributed by atoms with Gasteiger partial charge in [0, 0.05) is 18.7 Å². The van der Waals surface area contributed by atoms with E-state index in [4.69, 9.17) is 14.3 Å². The van der Waals surface area contributed by atoms with Gasteiger partial charge < -0.3 is 23.8 Å². The van der Waals surface area contributed by atoms with Crippen LogP contribution in [-0.4, -0.2) is 40.5 Å². The number of hydrogen-bond donors (Lipinski definition) is 0. The first-order valence-electron chi connectivity index (χ1n) is 10.3. The first kappa shape index (κ1) is 20.1. The minimum absolute atomic E-state index is 0.290. The highest BCUT2D eigenvalue weighted by Crippen LogP contribution is 2.38. The third-order valence-electron chi connectivity index (χ3n) is 5.74. The summed E-state index contributed by atoms with van der Waals surface area (Å²) < 4.78 is 26.9. The molecule has 1 aromatic heterocycles. The fourth-order valence-electron chi connectivity index (χ4n) is 4.02. The highest BCUT2D eigenvalue weighted by molar-refractivity contribution is 6.01. The molecule has 7 nitrogen and oxygen atoms in total. The summed E-state index contributed by atoms with van der Waals surface area (Å²) in [5, 5.41) is 4.31.